The van der Waals surface area contributed by atoms with Crippen LogP contribution in [0.1, 0.15) is 36.5 Å². The number of amides is 2. The Morgan fingerprint density at radius 3 is 2.28 bits per heavy atom. The molecule has 0 atom stereocenters. The first kappa shape index (κ1) is 21.5. The van der Waals surface area contributed by atoms with Gasteiger partial charge in [0.15, 0.2) is 0 Å². The highest BCUT2D eigenvalue weighted by atomic mass is 35.5. The SMILES string of the molecule is CCCCC(=O)N1CCN(c2ccc(NC(=O)c3ccc(Cl)c(Cl)c3)cc2)CC1. The van der Waals surface area contributed by atoms with Crippen molar-refractivity contribution in [1.82, 2.24) is 4.90 Å². The van der Waals surface area contributed by atoms with E-state index in [1.807, 2.05) is 29.2 Å². The fourth-order valence-corrected chi connectivity index (χ4v) is 3.59. The number of hydrogen-bond acceptors (Lipinski definition) is 3. The van der Waals surface area contributed by atoms with Crippen molar-refractivity contribution >= 4 is 46.4 Å². The van der Waals surface area contributed by atoms with Gasteiger partial charge in [0.25, 0.3) is 5.91 Å². The minimum Gasteiger partial charge on any atom is -0.368 e. The number of carbonyl (C=O) groups is 2. The highest BCUT2D eigenvalue weighted by Gasteiger charge is 2.20. The summed E-state index contributed by atoms with van der Waals surface area (Å²) in [6.45, 7) is 5.22. The molecule has 1 saturated heterocycles. The van der Waals surface area contributed by atoms with E-state index in [1.54, 1.807) is 18.2 Å². The van der Waals surface area contributed by atoms with Crippen LogP contribution < -0.4 is 10.2 Å². The Kier molecular flexibility index (Phi) is 7.40. The molecule has 1 fully saturated rings. The molecule has 1 heterocycles. The van der Waals surface area contributed by atoms with Crippen LogP contribution in [0.3, 0.4) is 0 Å². The first-order chi connectivity index (χ1) is 14.0. The lowest BCUT2D eigenvalue weighted by Gasteiger charge is -2.36. The molecule has 2 aromatic rings. The maximum absolute atomic E-state index is 12.4. The first-order valence-electron chi connectivity index (χ1n) is 9.87. The zero-order valence-corrected chi connectivity index (χ0v) is 18.0. The van der Waals surface area contributed by atoms with Crippen molar-refractivity contribution < 1.29 is 9.59 Å². The van der Waals surface area contributed by atoms with Crippen molar-refractivity contribution in [2.75, 3.05) is 36.4 Å². The summed E-state index contributed by atoms with van der Waals surface area (Å²) in [5.74, 6) is 0.0161. The molecule has 1 N–H and O–H groups in total. The molecule has 0 unspecified atom stereocenters. The Morgan fingerprint density at radius 2 is 1.66 bits per heavy atom. The van der Waals surface area contributed by atoms with Gasteiger partial charge >= 0.3 is 0 Å². The molecule has 5 nitrogen and oxygen atoms in total. The summed E-state index contributed by atoms with van der Waals surface area (Å²) in [5, 5.41) is 3.63. The quantitative estimate of drug-likeness (QED) is 0.690. The third-order valence-corrected chi connectivity index (χ3v) is 5.79. The van der Waals surface area contributed by atoms with Crippen molar-refractivity contribution in [3.05, 3.63) is 58.1 Å². The molecule has 7 heteroatoms. The third kappa shape index (κ3) is 5.64. The zero-order chi connectivity index (χ0) is 20.8. The summed E-state index contributed by atoms with van der Waals surface area (Å²) in [6.07, 6.45) is 2.64. The number of carbonyl (C=O) groups excluding carboxylic acids is 2. The second-order valence-corrected chi connectivity index (χ2v) is 7.92. The van der Waals surface area contributed by atoms with Crippen LogP contribution in [0, 0.1) is 0 Å². The molecular formula is C22H25Cl2N3O2. The maximum atomic E-state index is 12.4. The van der Waals surface area contributed by atoms with Gasteiger partial charge in [0.2, 0.25) is 5.91 Å². The fourth-order valence-electron chi connectivity index (χ4n) is 3.30. The first-order valence-corrected chi connectivity index (χ1v) is 10.6. The van der Waals surface area contributed by atoms with Gasteiger partial charge in [-0.15, -0.1) is 0 Å². The highest BCUT2D eigenvalue weighted by Crippen LogP contribution is 2.24. The molecule has 2 amide bonds. The third-order valence-electron chi connectivity index (χ3n) is 5.05. The van der Waals surface area contributed by atoms with E-state index in [-0.39, 0.29) is 11.8 Å². The number of piperazine rings is 1. The smallest absolute Gasteiger partial charge is 0.255 e. The van der Waals surface area contributed by atoms with E-state index in [9.17, 15) is 9.59 Å². The van der Waals surface area contributed by atoms with Crippen molar-refractivity contribution in [2.45, 2.75) is 26.2 Å². The minimum atomic E-state index is -0.240. The molecule has 3 rings (SSSR count). The lowest BCUT2D eigenvalue weighted by atomic mass is 10.2. The Labute approximate surface area is 181 Å². The van der Waals surface area contributed by atoms with Crippen LogP contribution in [-0.2, 0) is 4.79 Å². The van der Waals surface area contributed by atoms with Gasteiger partial charge in [-0.25, -0.2) is 0 Å². The minimum absolute atomic E-state index is 0.240. The predicted molar refractivity (Wildman–Crippen MR) is 119 cm³/mol. The molecule has 0 aliphatic carbocycles. The van der Waals surface area contributed by atoms with E-state index >= 15 is 0 Å². The van der Waals surface area contributed by atoms with E-state index < -0.39 is 0 Å². The average molecular weight is 434 g/mol. The largest absolute Gasteiger partial charge is 0.368 e. The van der Waals surface area contributed by atoms with E-state index in [4.69, 9.17) is 23.2 Å². The number of unbranched alkanes of at least 4 members (excludes halogenated alkanes) is 1. The van der Waals surface area contributed by atoms with Crippen LogP contribution in [0.4, 0.5) is 11.4 Å². The van der Waals surface area contributed by atoms with Crippen molar-refractivity contribution in [2.24, 2.45) is 0 Å². The highest BCUT2D eigenvalue weighted by molar-refractivity contribution is 6.42. The Bertz CT molecular complexity index is 863. The van der Waals surface area contributed by atoms with Crippen LogP contribution in [0.5, 0.6) is 0 Å². The number of hydrogen-bond donors (Lipinski definition) is 1. The molecule has 0 aromatic heterocycles. The molecule has 29 heavy (non-hydrogen) atoms. The summed E-state index contributed by atoms with van der Waals surface area (Å²) in [4.78, 5) is 28.7. The molecule has 0 saturated carbocycles. The van der Waals surface area contributed by atoms with Gasteiger partial charge < -0.3 is 15.1 Å². The maximum Gasteiger partial charge on any atom is 0.255 e. The number of halogens is 2. The standard InChI is InChI=1S/C22H25Cl2N3O2/c1-2-3-4-21(28)27-13-11-26(12-14-27)18-8-6-17(7-9-18)25-22(29)16-5-10-19(23)20(24)15-16/h5-10,15H,2-4,11-14H2,1H3,(H,25,29). The van der Waals surface area contributed by atoms with Crippen molar-refractivity contribution in [3.63, 3.8) is 0 Å². The summed E-state index contributed by atoms with van der Waals surface area (Å²) in [5.41, 5.74) is 2.24. The van der Waals surface area contributed by atoms with Gasteiger partial charge in [-0.05, 0) is 48.9 Å². The van der Waals surface area contributed by atoms with E-state index in [0.29, 0.717) is 27.7 Å². The van der Waals surface area contributed by atoms with Crippen molar-refractivity contribution in [1.29, 1.82) is 0 Å². The number of nitrogens with zero attached hydrogens (tertiary/aromatic N) is 2. The fraction of sp³-hybridized carbons (Fsp3) is 0.364. The number of benzene rings is 2. The van der Waals surface area contributed by atoms with E-state index in [0.717, 1.165) is 44.7 Å². The molecule has 2 aromatic carbocycles. The number of rotatable bonds is 6. The summed E-state index contributed by atoms with van der Waals surface area (Å²) < 4.78 is 0. The second kappa shape index (κ2) is 9.99. The molecule has 1 aliphatic rings. The zero-order valence-electron chi connectivity index (χ0n) is 16.5. The van der Waals surface area contributed by atoms with Gasteiger partial charge in [-0.2, -0.15) is 0 Å². The van der Waals surface area contributed by atoms with Crippen molar-refractivity contribution in [3.8, 4) is 0 Å². The summed E-state index contributed by atoms with van der Waals surface area (Å²) >= 11 is 11.9. The van der Waals surface area contributed by atoms with Gasteiger partial charge in [0, 0.05) is 49.5 Å². The van der Waals surface area contributed by atoms with E-state index in [1.165, 1.54) is 0 Å². The van der Waals surface area contributed by atoms with Crippen LogP contribution in [-0.4, -0.2) is 42.9 Å². The van der Waals surface area contributed by atoms with Gasteiger partial charge in [0.05, 0.1) is 10.0 Å². The van der Waals surface area contributed by atoms with E-state index in [2.05, 4.69) is 17.1 Å². The monoisotopic (exact) mass is 433 g/mol. The molecule has 0 bridgehead atoms. The van der Waals surface area contributed by atoms with Gasteiger partial charge in [-0.3, -0.25) is 9.59 Å². The molecule has 0 spiro atoms. The second-order valence-electron chi connectivity index (χ2n) is 7.10. The molecule has 1 aliphatic heterocycles. The lowest BCUT2D eigenvalue weighted by molar-refractivity contribution is -0.131. The Balaban J connectivity index is 1.54. The predicted octanol–water partition coefficient (Wildman–Crippen LogP) is 5.08. The lowest BCUT2D eigenvalue weighted by Crippen LogP contribution is -2.48. The number of nitrogens with one attached hydrogen (secondary N) is 1. The van der Waals surface area contributed by atoms with Gasteiger partial charge in [0.1, 0.15) is 0 Å². The molecule has 154 valence electrons. The molecule has 0 radical (unpaired) electrons. The topological polar surface area (TPSA) is 52.7 Å². The summed E-state index contributed by atoms with van der Waals surface area (Å²) in [6, 6.07) is 12.5. The normalized spacial score (nSPS) is 14.0. The average Bonchev–Trinajstić information content (AvgIpc) is 2.74. The van der Waals surface area contributed by atoms with Gasteiger partial charge in [-0.1, -0.05) is 36.5 Å². The number of anilines is 2. The van der Waals surface area contributed by atoms with Crippen LogP contribution >= 0.6 is 23.2 Å². The van der Waals surface area contributed by atoms with Crippen LogP contribution in [0.15, 0.2) is 42.5 Å². The Hall–Kier alpha value is -2.24. The molecular weight excluding hydrogens is 409 g/mol. The van der Waals surface area contributed by atoms with Crippen LogP contribution in [0.25, 0.3) is 0 Å². The summed E-state index contributed by atoms with van der Waals surface area (Å²) in [7, 11) is 0. The Morgan fingerprint density at radius 1 is 0.966 bits per heavy atom. The van der Waals surface area contributed by atoms with Crippen LogP contribution in [0.2, 0.25) is 10.0 Å².